The summed E-state index contributed by atoms with van der Waals surface area (Å²) in [5.41, 5.74) is 0.668. The van der Waals surface area contributed by atoms with Crippen LogP contribution < -0.4 is 15.1 Å². The van der Waals surface area contributed by atoms with Gasteiger partial charge in [-0.25, -0.2) is 0 Å². The molecule has 1 saturated carbocycles. The lowest BCUT2D eigenvalue weighted by Crippen LogP contribution is -3.28. The van der Waals surface area contributed by atoms with E-state index in [1.54, 1.807) is 6.07 Å². The van der Waals surface area contributed by atoms with Crippen LogP contribution in [0.2, 0.25) is 5.02 Å². The third-order valence-electron chi connectivity index (χ3n) is 7.19. The molecule has 1 aliphatic carbocycles. The molecule has 0 aromatic heterocycles. The molecule has 3 fully saturated rings. The monoisotopic (exact) mass is 434 g/mol. The van der Waals surface area contributed by atoms with Crippen LogP contribution in [-0.4, -0.2) is 68.6 Å². The van der Waals surface area contributed by atoms with Gasteiger partial charge >= 0.3 is 0 Å². The summed E-state index contributed by atoms with van der Waals surface area (Å²) in [4.78, 5) is 30.3. The maximum atomic E-state index is 13.0. The molecule has 0 spiro atoms. The molecule has 0 radical (unpaired) electrons. The highest BCUT2D eigenvalue weighted by Gasteiger charge is 2.37. The van der Waals surface area contributed by atoms with Crippen LogP contribution in [0.3, 0.4) is 0 Å². The number of halogens is 1. The van der Waals surface area contributed by atoms with Gasteiger partial charge in [0, 0.05) is 12.6 Å². The van der Waals surface area contributed by atoms with E-state index in [0.29, 0.717) is 35.7 Å². The molecule has 1 aromatic rings. The van der Waals surface area contributed by atoms with Crippen LogP contribution in [0, 0.1) is 5.92 Å². The van der Waals surface area contributed by atoms with Crippen molar-refractivity contribution < 1.29 is 19.4 Å². The fourth-order valence-corrected chi connectivity index (χ4v) is 5.73. The normalized spacial score (nSPS) is 29.2. The number of piperazine rings is 1. The zero-order valence-electron chi connectivity index (χ0n) is 17.8. The first kappa shape index (κ1) is 21.6. The largest absolute Gasteiger partial charge is 0.335 e. The molecule has 2 atom stereocenters. The van der Waals surface area contributed by atoms with Crippen LogP contribution in [0.5, 0.6) is 0 Å². The van der Waals surface area contributed by atoms with Crippen molar-refractivity contribution in [2.75, 3.05) is 51.1 Å². The predicted molar refractivity (Wildman–Crippen MR) is 118 cm³/mol. The van der Waals surface area contributed by atoms with Gasteiger partial charge in [-0.3, -0.25) is 9.59 Å². The van der Waals surface area contributed by atoms with E-state index in [2.05, 4.69) is 10.2 Å². The number of quaternary nitrogens is 2. The number of fused-ring (bicyclic) bond motifs is 1. The minimum atomic E-state index is -0.00529. The van der Waals surface area contributed by atoms with E-state index in [-0.39, 0.29) is 5.91 Å². The molecule has 0 bridgehead atoms. The summed E-state index contributed by atoms with van der Waals surface area (Å²) in [6, 6.07) is 7.82. The molecular weight excluding hydrogens is 400 g/mol. The summed E-state index contributed by atoms with van der Waals surface area (Å²) in [6.07, 6.45) is 7.59. The quantitative estimate of drug-likeness (QED) is 0.622. The highest BCUT2D eigenvalue weighted by atomic mass is 35.5. The summed E-state index contributed by atoms with van der Waals surface area (Å²) >= 11 is 6.12. The number of rotatable bonds is 5. The number of carbonyl (C=O) groups is 2. The molecule has 6 nitrogen and oxygen atoms in total. The fourth-order valence-electron chi connectivity index (χ4n) is 5.54. The average Bonchev–Trinajstić information content (AvgIpc) is 2.76. The Bertz CT molecular complexity index is 748. The second-order valence-electron chi connectivity index (χ2n) is 9.22. The molecule has 7 heteroatoms. The Morgan fingerprint density at radius 1 is 0.967 bits per heavy atom. The number of benzene rings is 1. The minimum absolute atomic E-state index is 0.00529. The Morgan fingerprint density at radius 3 is 2.40 bits per heavy atom. The van der Waals surface area contributed by atoms with Crippen LogP contribution in [0.4, 0.5) is 5.69 Å². The van der Waals surface area contributed by atoms with E-state index >= 15 is 0 Å². The third kappa shape index (κ3) is 5.34. The zero-order chi connectivity index (χ0) is 20.9. The number of amides is 2. The number of piperidine rings is 1. The van der Waals surface area contributed by atoms with E-state index in [1.807, 2.05) is 18.2 Å². The zero-order valence-corrected chi connectivity index (χ0v) is 18.6. The number of carbonyl (C=O) groups excluding carboxylic acids is 2. The molecule has 30 heavy (non-hydrogen) atoms. The molecule has 1 aromatic carbocycles. The van der Waals surface area contributed by atoms with Gasteiger partial charge in [0.05, 0.1) is 10.7 Å². The SMILES string of the molecule is O=C(C[NH+]1CC[NH+](CC(=O)N2CCC[C@H]3CCCC[C@@H]32)CC1)Nc1ccccc1Cl. The fraction of sp³-hybridized carbons (Fsp3) is 0.652. The third-order valence-corrected chi connectivity index (χ3v) is 7.52. The number of likely N-dealkylation sites (tertiary alicyclic amines) is 1. The van der Waals surface area contributed by atoms with Gasteiger partial charge in [0.15, 0.2) is 13.1 Å². The van der Waals surface area contributed by atoms with Crippen molar-refractivity contribution in [2.45, 2.75) is 44.6 Å². The Hall–Kier alpha value is -1.63. The predicted octanol–water partition coefficient (Wildman–Crippen LogP) is 0.243. The van der Waals surface area contributed by atoms with Gasteiger partial charge in [-0.2, -0.15) is 0 Å². The molecule has 2 saturated heterocycles. The van der Waals surface area contributed by atoms with Gasteiger partial charge in [-0.05, 0) is 43.7 Å². The number of anilines is 1. The maximum Gasteiger partial charge on any atom is 0.279 e. The maximum absolute atomic E-state index is 13.0. The van der Waals surface area contributed by atoms with Crippen molar-refractivity contribution in [3.05, 3.63) is 29.3 Å². The lowest BCUT2D eigenvalue weighted by atomic mass is 9.78. The minimum Gasteiger partial charge on any atom is -0.335 e. The molecule has 2 heterocycles. The van der Waals surface area contributed by atoms with Gasteiger partial charge < -0.3 is 20.0 Å². The Kier molecular flexibility index (Phi) is 7.28. The molecule has 3 N–H and O–H groups in total. The van der Waals surface area contributed by atoms with Crippen molar-refractivity contribution in [1.29, 1.82) is 0 Å². The summed E-state index contributed by atoms with van der Waals surface area (Å²) in [5, 5.41) is 3.47. The highest BCUT2D eigenvalue weighted by Crippen LogP contribution is 2.35. The first-order chi connectivity index (χ1) is 14.6. The Labute approximate surface area is 184 Å². The van der Waals surface area contributed by atoms with Crippen LogP contribution in [0.1, 0.15) is 38.5 Å². The molecule has 3 aliphatic rings. The topological polar surface area (TPSA) is 58.3 Å². The molecule has 4 rings (SSSR count). The molecule has 2 amide bonds. The van der Waals surface area contributed by atoms with E-state index in [0.717, 1.165) is 38.6 Å². The van der Waals surface area contributed by atoms with E-state index in [4.69, 9.17) is 11.6 Å². The molecule has 0 unspecified atom stereocenters. The number of nitrogens with one attached hydrogen (secondary N) is 3. The molecular formula is C23H35ClN4O2+2. The van der Waals surface area contributed by atoms with E-state index < -0.39 is 0 Å². The smallest absolute Gasteiger partial charge is 0.279 e. The summed E-state index contributed by atoms with van der Waals surface area (Å²) in [5.74, 6) is 1.08. The molecule has 2 aliphatic heterocycles. The lowest BCUT2D eigenvalue weighted by molar-refractivity contribution is -1.00. The second-order valence-corrected chi connectivity index (χ2v) is 9.63. The summed E-state index contributed by atoms with van der Waals surface area (Å²) in [6.45, 7) is 5.75. The van der Waals surface area contributed by atoms with Gasteiger partial charge in [0.1, 0.15) is 26.2 Å². The second kappa shape index (κ2) is 10.1. The first-order valence-corrected chi connectivity index (χ1v) is 12.0. The molecule has 164 valence electrons. The lowest BCUT2D eigenvalue weighted by Gasteiger charge is -2.44. The Balaban J connectivity index is 1.21. The van der Waals surface area contributed by atoms with Gasteiger partial charge in [0.25, 0.3) is 11.8 Å². The summed E-state index contributed by atoms with van der Waals surface area (Å²) < 4.78 is 0. The van der Waals surface area contributed by atoms with Crippen LogP contribution in [0.15, 0.2) is 24.3 Å². The van der Waals surface area contributed by atoms with Crippen LogP contribution in [0.25, 0.3) is 0 Å². The Morgan fingerprint density at radius 2 is 1.63 bits per heavy atom. The van der Waals surface area contributed by atoms with Crippen molar-refractivity contribution in [2.24, 2.45) is 5.92 Å². The van der Waals surface area contributed by atoms with Crippen molar-refractivity contribution in [3.63, 3.8) is 0 Å². The summed E-state index contributed by atoms with van der Waals surface area (Å²) in [7, 11) is 0. The van der Waals surface area contributed by atoms with Crippen LogP contribution >= 0.6 is 11.6 Å². The van der Waals surface area contributed by atoms with Crippen molar-refractivity contribution in [3.8, 4) is 0 Å². The van der Waals surface area contributed by atoms with Crippen molar-refractivity contribution >= 4 is 29.1 Å². The average molecular weight is 435 g/mol. The van der Waals surface area contributed by atoms with E-state index in [9.17, 15) is 9.59 Å². The number of hydrogen-bond acceptors (Lipinski definition) is 2. The number of para-hydroxylation sites is 1. The van der Waals surface area contributed by atoms with Crippen molar-refractivity contribution in [1.82, 2.24) is 4.90 Å². The standard InChI is InChI=1S/C23H33ClN4O2/c24-19-8-2-3-9-20(19)25-22(29)16-26-12-14-27(15-13-26)17-23(30)28-11-5-7-18-6-1-4-10-21(18)28/h2-3,8-9,18,21H,1,4-7,10-17H2,(H,25,29)/p+2/t18-,21+/m1/s1. The van der Waals surface area contributed by atoms with Gasteiger partial charge in [0.2, 0.25) is 0 Å². The van der Waals surface area contributed by atoms with Gasteiger partial charge in [-0.1, -0.05) is 36.6 Å². The van der Waals surface area contributed by atoms with Crippen LogP contribution in [-0.2, 0) is 9.59 Å². The number of nitrogens with zero attached hydrogens (tertiary/aromatic N) is 1. The highest BCUT2D eigenvalue weighted by molar-refractivity contribution is 6.33. The number of hydrogen-bond donors (Lipinski definition) is 3. The van der Waals surface area contributed by atoms with E-state index in [1.165, 1.54) is 48.3 Å². The first-order valence-electron chi connectivity index (χ1n) is 11.6. The van der Waals surface area contributed by atoms with Gasteiger partial charge in [-0.15, -0.1) is 0 Å².